The first-order chi connectivity index (χ1) is 7.38. The summed E-state index contributed by atoms with van der Waals surface area (Å²) >= 11 is 0. The normalized spacial score (nSPS) is 10.4. The summed E-state index contributed by atoms with van der Waals surface area (Å²) in [6.45, 7) is 6.52. The second kappa shape index (κ2) is 4.95. The summed E-state index contributed by atoms with van der Waals surface area (Å²) in [6, 6.07) is 6.64. The van der Waals surface area contributed by atoms with Gasteiger partial charge in [0.2, 0.25) is 0 Å². The van der Waals surface area contributed by atoms with Crippen molar-refractivity contribution in [2.45, 2.75) is 26.1 Å². The van der Waals surface area contributed by atoms with Crippen molar-refractivity contribution in [3.63, 3.8) is 0 Å². The molecule has 0 fully saturated rings. The first-order valence-electron chi connectivity index (χ1n) is 5.12. The number of benzene rings is 1. The van der Waals surface area contributed by atoms with Gasteiger partial charge in [0.15, 0.2) is 0 Å². The zero-order valence-electron chi connectivity index (χ0n) is 9.78. The Labute approximate surface area is 96.7 Å². The molecule has 84 valence electrons. The van der Waals surface area contributed by atoms with Crippen LogP contribution in [0, 0.1) is 21.6 Å². The van der Waals surface area contributed by atoms with Gasteiger partial charge in [-0.25, -0.2) is 0 Å². The van der Waals surface area contributed by atoms with E-state index in [1.807, 2.05) is 6.07 Å². The van der Waals surface area contributed by atoms with Crippen LogP contribution in [0.15, 0.2) is 24.3 Å². The quantitative estimate of drug-likeness (QED) is 0.341. The fourth-order valence-corrected chi connectivity index (χ4v) is 1.81. The fraction of sp³-hybridized carbons (Fsp3) is 0.333. The smallest absolute Gasteiger partial charge is 0.258 e. The fourth-order valence-electron chi connectivity index (χ4n) is 1.19. The van der Waals surface area contributed by atoms with E-state index in [0.29, 0.717) is 6.42 Å². The molecule has 0 N–H and O–H groups in total. The number of nitrogens with zero attached hydrogens (tertiary/aromatic N) is 1. The second-order valence-electron chi connectivity index (χ2n) is 4.66. The van der Waals surface area contributed by atoms with Gasteiger partial charge in [-0.1, -0.05) is 31.8 Å². The van der Waals surface area contributed by atoms with Gasteiger partial charge in [-0.3, -0.25) is 10.1 Å². The Hall–Kier alpha value is -1.60. The van der Waals surface area contributed by atoms with Crippen LogP contribution in [0.4, 0.5) is 5.69 Å². The first kappa shape index (κ1) is 12.5. The molecule has 0 amide bonds. The van der Waals surface area contributed by atoms with Crippen LogP contribution in [0.3, 0.4) is 0 Å². The summed E-state index contributed by atoms with van der Waals surface area (Å²) in [5.74, 6) is 3.10. The third-order valence-corrected chi connectivity index (χ3v) is 2.80. The lowest BCUT2D eigenvalue weighted by atomic mass is 10.1. The Bertz CT molecular complexity index is 452. The number of rotatable bonds is 2. The molecule has 0 bridgehead atoms. The molecule has 0 aromatic heterocycles. The second-order valence-corrected chi connectivity index (χ2v) is 9.41. The number of hydrogen-bond donors (Lipinski definition) is 0. The average Bonchev–Trinajstić information content (AvgIpc) is 2.16. The third kappa shape index (κ3) is 4.28. The summed E-state index contributed by atoms with van der Waals surface area (Å²) in [6.07, 6.45) is 0.589. The van der Waals surface area contributed by atoms with Crippen molar-refractivity contribution in [1.29, 1.82) is 0 Å². The third-order valence-electron chi connectivity index (χ3n) is 1.88. The highest BCUT2D eigenvalue weighted by Gasteiger charge is 2.07. The molecule has 0 unspecified atom stereocenters. The van der Waals surface area contributed by atoms with Gasteiger partial charge in [0.25, 0.3) is 5.69 Å². The minimum absolute atomic E-state index is 0.132. The Kier molecular flexibility index (Phi) is 3.86. The maximum absolute atomic E-state index is 10.6. The van der Waals surface area contributed by atoms with Crippen LogP contribution < -0.4 is 0 Å². The van der Waals surface area contributed by atoms with Crippen molar-refractivity contribution < 1.29 is 4.92 Å². The van der Waals surface area contributed by atoms with E-state index in [4.69, 9.17) is 0 Å². The lowest BCUT2D eigenvalue weighted by molar-refractivity contribution is -0.384. The minimum Gasteiger partial charge on any atom is -0.258 e. The minimum atomic E-state index is -1.34. The van der Waals surface area contributed by atoms with Gasteiger partial charge >= 0.3 is 0 Å². The largest absolute Gasteiger partial charge is 0.269 e. The highest BCUT2D eigenvalue weighted by atomic mass is 28.3. The predicted molar refractivity (Wildman–Crippen MR) is 67.9 cm³/mol. The number of nitro benzene ring substituents is 1. The number of non-ortho nitro benzene ring substituents is 1. The Morgan fingerprint density at radius 2 is 2.06 bits per heavy atom. The molecule has 1 aromatic rings. The van der Waals surface area contributed by atoms with Crippen molar-refractivity contribution in [3.05, 3.63) is 39.9 Å². The summed E-state index contributed by atoms with van der Waals surface area (Å²) < 4.78 is 0. The summed E-state index contributed by atoms with van der Waals surface area (Å²) in [7, 11) is -1.34. The topological polar surface area (TPSA) is 43.1 Å². The van der Waals surface area contributed by atoms with Crippen LogP contribution in [0.2, 0.25) is 19.6 Å². The molecule has 0 spiro atoms. The monoisotopic (exact) mass is 233 g/mol. The lowest BCUT2D eigenvalue weighted by Crippen LogP contribution is -2.16. The standard InChI is InChI=1S/C12H15NO2Si/c1-16(2,3)9-5-7-11-6-4-8-12(10-11)13(14)15/h4,6,8,10H,7H2,1-3H3. The molecule has 0 heterocycles. The highest BCUT2D eigenvalue weighted by molar-refractivity contribution is 6.83. The Morgan fingerprint density at radius 1 is 1.38 bits per heavy atom. The Balaban J connectivity index is 2.78. The molecule has 0 saturated carbocycles. The molecule has 0 aliphatic rings. The lowest BCUT2D eigenvalue weighted by Gasteiger charge is -2.03. The number of hydrogen-bond acceptors (Lipinski definition) is 2. The molecule has 1 rings (SSSR count). The van der Waals surface area contributed by atoms with Crippen LogP contribution in [0.5, 0.6) is 0 Å². The van der Waals surface area contributed by atoms with Crippen LogP contribution in [0.25, 0.3) is 0 Å². The molecular formula is C12H15NO2Si. The van der Waals surface area contributed by atoms with E-state index in [-0.39, 0.29) is 10.6 Å². The molecule has 16 heavy (non-hydrogen) atoms. The summed E-state index contributed by atoms with van der Waals surface area (Å²) in [4.78, 5) is 10.2. The van der Waals surface area contributed by atoms with E-state index in [1.54, 1.807) is 12.1 Å². The molecule has 1 aromatic carbocycles. The SMILES string of the molecule is C[Si](C)(C)C#CCc1cccc([N+](=O)[O-])c1. The van der Waals surface area contributed by atoms with Gasteiger partial charge in [-0.2, -0.15) is 0 Å². The number of nitro groups is 1. The molecule has 4 heteroatoms. The summed E-state index contributed by atoms with van der Waals surface area (Å²) in [5, 5.41) is 10.6. The zero-order valence-corrected chi connectivity index (χ0v) is 10.8. The first-order valence-corrected chi connectivity index (χ1v) is 8.62. The van der Waals surface area contributed by atoms with E-state index in [1.165, 1.54) is 6.07 Å². The predicted octanol–water partition coefficient (Wildman–Crippen LogP) is 3.02. The maximum Gasteiger partial charge on any atom is 0.269 e. The maximum atomic E-state index is 10.6. The molecular weight excluding hydrogens is 218 g/mol. The van der Waals surface area contributed by atoms with Crippen LogP contribution in [-0.4, -0.2) is 13.0 Å². The van der Waals surface area contributed by atoms with Crippen LogP contribution in [0.1, 0.15) is 5.56 Å². The molecule has 0 saturated heterocycles. The van der Waals surface area contributed by atoms with E-state index in [0.717, 1.165) is 5.56 Å². The van der Waals surface area contributed by atoms with Crippen molar-refractivity contribution in [1.82, 2.24) is 0 Å². The molecule has 0 atom stereocenters. The molecule has 0 aliphatic heterocycles. The Morgan fingerprint density at radius 3 is 2.62 bits per heavy atom. The van der Waals surface area contributed by atoms with Crippen LogP contribution >= 0.6 is 0 Å². The summed E-state index contributed by atoms with van der Waals surface area (Å²) in [5.41, 5.74) is 4.27. The molecule has 0 aliphatic carbocycles. The van der Waals surface area contributed by atoms with E-state index >= 15 is 0 Å². The molecule has 3 nitrogen and oxygen atoms in total. The van der Waals surface area contributed by atoms with Gasteiger partial charge < -0.3 is 0 Å². The van der Waals surface area contributed by atoms with Crippen molar-refractivity contribution in [2.24, 2.45) is 0 Å². The highest BCUT2D eigenvalue weighted by Crippen LogP contribution is 2.13. The van der Waals surface area contributed by atoms with Gasteiger partial charge in [-0.15, -0.1) is 11.5 Å². The average molecular weight is 233 g/mol. The van der Waals surface area contributed by atoms with E-state index in [9.17, 15) is 10.1 Å². The van der Waals surface area contributed by atoms with E-state index < -0.39 is 8.07 Å². The molecule has 0 radical (unpaired) electrons. The van der Waals surface area contributed by atoms with Gasteiger partial charge in [0.1, 0.15) is 8.07 Å². The van der Waals surface area contributed by atoms with Crippen LogP contribution in [-0.2, 0) is 6.42 Å². The van der Waals surface area contributed by atoms with Crippen molar-refractivity contribution >= 4 is 13.8 Å². The van der Waals surface area contributed by atoms with Gasteiger partial charge in [0, 0.05) is 18.6 Å². The van der Waals surface area contributed by atoms with Crippen molar-refractivity contribution in [3.8, 4) is 11.5 Å². The van der Waals surface area contributed by atoms with E-state index in [2.05, 4.69) is 31.1 Å². The van der Waals surface area contributed by atoms with Gasteiger partial charge in [-0.05, 0) is 5.56 Å². The van der Waals surface area contributed by atoms with Crippen molar-refractivity contribution in [2.75, 3.05) is 0 Å². The van der Waals surface area contributed by atoms with Gasteiger partial charge in [0.05, 0.1) is 4.92 Å². The zero-order chi connectivity index (χ0) is 12.2.